The lowest BCUT2D eigenvalue weighted by atomic mass is 10.0. The van der Waals surface area contributed by atoms with Crippen LogP contribution in [-0.4, -0.2) is 24.5 Å². The van der Waals surface area contributed by atoms with Crippen LogP contribution in [0.4, 0.5) is 5.69 Å². The first kappa shape index (κ1) is 12.9. The average Bonchev–Trinajstić information content (AvgIpc) is 2.41. The SMILES string of the molecule is CC1CN(c2cccc(C#N)c2)C(CC#N)C(=O)N1. The molecular weight excluding hydrogens is 240 g/mol. The highest BCUT2D eigenvalue weighted by atomic mass is 16.2. The third-order valence-electron chi connectivity index (χ3n) is 3.13. The second kappa shape index (κ2) is 5.41. The highest BCUT2D eigenvalue weighted by molar-refractivity contribution is 5.87. The van der Waals surface area contributed by atoms with Gasteiger partial charge in [-0.2, -0.15) is 10.5 Å². The van der Waals surface area contributed by atoms with E-state index in [4.69, 9.17) is 10.5 Å². The van der Waals surface area contributed by atoms with E-state index in [2.05, 4.69) is 11.4 Å². The van der Waals surface area contributed by atoms with Crippen molar-refractivity contribution in [3.8, 4) is 12.1 Å². The summed E-state index contributed by atoms with van der Waals surface area (Å²) in [4.78, 5) is 13.9. The summed E-state index contributed by atoms with van der Waals surface area (Å²) in [7, 11) is 0. The number of rotatable bonds is 2. The Kier molecular flexibility index (Phi) is 3.68. The predicted octanol–water partition coefficient (Wildman–Crippen LogP) is 1.17. The van der Waals surface area contributed by atoms with Crippen molar-refractivity contribution >= 4 is 11.6 Å². The van der Waals surface area contributed by atoms with E-state index in [1.165, 1.54) is 0 Å². The van der Waals surface area contributed by atoms with Crippen LogP contribution in [0.2, 0.25) is 0 Å². The molecule has 1 N–H and O–H groups in total. The van der Waals surface area contributed by atoms with E-state index >= 15 is 0 Å². The molecule has 1 aromatic rings. The maximum Gasteiger partial charge on any atom is 0.244 e. The molecule has 1 heterocycles. The Hall–Kier alpha value is -2.53. The zero-order valence-corrected chi connectivity index (χ0v) is 10.6. The second-order valence-electron chi connectivity index (χ2n) is 4.60. The molecule has 0 saturated carbocycles. The largest absolute Gasteiger partial charge is 0.357 e. The maximum absolute atomic E-state index is 12.0. The molecule has 1 aromatic carbocycles. The Morgan fingerprint density at radius 2 is 2.26 bits per heavy atom. The molecule has 0 radical (unpaired) electrons. The van der Waals surface area contributed by atoms with Crippen molar-refractivity contribution in [1.82, 2.24) is 5.32 Å². The van der Waals surface area contributed by atoms with Crippen molar-refractivity contribution in [2.45, 2.75) is 25.4 Å². The molecular formula is C14H14N4O. The monoisotopic (exact) mass is 254 g/mol. The van der Waals surface area contributed by atoms with E-state index < -0.39 is 6.04 Å². The fourth-order valence-electron chi connectivity index (χ4n) is 2.28. The molecule has 0 spiro atoms. The van der Waals surface area contributed by atoms with Crippen molar-refractivity contribution in [2.75, 3.05) is 11.4 Å². The van der Waals surface area contributed by atoms with Crippen molar-refractivity contribution in [2.24, 2.45) is 0 Å². The molecule has 5 heteroatoms. The van der Waals surface area contributed by atoms with Gasteiger partial charge in [0, 0.05) is 18.3 Å². The van der Waals surface area contributed by atoms with Gasteiger partial charge in [-0.1, -0.05) is 6.07 Å². The van der Waals surface area contributed by atoms with Crippen LogP contribution in [0.15, 0.2) is 24.3 Å². The smallest absolute Gasteiger partial charge is 0.244 e. The average molecular weight is 254 g/mol. The van der Waals surface area contributed by atoms with Crippen molar-refractivity contribution in [1.29, 1.82) is 10.5 Å². The summed E-state index contributed by atoms with van der Waals surface area (Å²) >= 11 is 0. The normalized spacial score (nSPS) is 22.3. The minimum Gasteiger partial charge on any atom is -0.357 e. The Morgan fingerprint density at radius 3 is 2.95 bits per heavy atom. The summed E-state index contributed by atoms with van der Waals surface area (Å²) in [5, 5.41) is 20.6. The number of carbonyl (C=O) groups excluding carboxylic acids is 1. The molecule has 19 heavy (non-hydrogen) atoms. The molecule has 1 aliphatic rings. The molecule has 96 valence electrons. The molecule has 5 nitrogen and oxygen atoms in total. The zero-order chi connectivity index (χ0) is 13.8. The molecule has 0 aromatic heterocycles. The van der Waals surface area contributed by atoms with Gasteiger partial charge in [-0.05, 0) is 25.1 Å². The third-order valence-corrected chi connectivity index (χ3v) is 3.13. The first-order chi connectivity index (χ1) is 9.15. The van der Waals surface area contributed by atoms with Crippen LogP contribution >= 0.6 is 0 Å². The van der Waals surface area contributed by atoms with Crippen LogP contribution in [0.3, 0.4) is 0 Å². The van der Waals surface area contributed by atoms with Crippen molar-refractivity contribution < 1.29 is 4.79 Å². The number of piperazine rings is 1. The van der Waals surface area contributed by atoms with Gasteiger partial charge in [-0.15, -0.1) is 0 Å². The number of nitrogens with one attached hydrogen (secondary N) is 1. The van der Waals surface area contributed by atoms with Gasteiger partial charge < -0.3 is 10.2 Å². The molecule has 2 rings (SSSR count). The molecule has 2 unspecified atom stereocenters. The molecule has 2 atom stereocenters. The van der Waals surface area contributed by atoms with E-state index in [1.54, 1.807) is 18.2 Å². The summed E-state index contributed by atoms with van der Waals surface area (Å²) in [6.07, 6.45) is 0.134. The van der Waals surface area contributed by atoms with Crippen molar-refractivity contribution in [3.63, 3.8) is 0 Å². The number of carbonyl (C=O) groups is 1. The molecule has 1 saturated heterocycles. The minimum atomic E-state index is -0.491. The number of hydrogen-bond acceptors (Lipinski definition) is 4. The van der Waals surface area contributed by atoms with Gasteiger partial charge in [-0.3, -0.25) is 4.79 Å². The number of nitrogens with zero attached hydrogens (tertiary/aromatic N) is 3. The Balaban J connectivity index is 2.35. The van der Waals surface area contributed by atoms with Crippen LogP contribution in [0.5, 0.6) is 0 Å². The van der Waals surface area contributed by atoms with Gasteiger partial charge in [0.1, 0.15) is 6.04 Å². The standard InChI is InChI=1S/C14H14N4O/c1-10-9-18(13(5-6-15)14(19)17-10)12-4-2-3-11(7-12)8-16/h2-4,7,10,13H,5,9H2,1H3,(H,17,19). The van der Waals surface area contributed by atoms with Gasteiger partial charge in [0.05, 0.1) is 24.1 Å². The van der Waals surface area contributed by atoms with E-state index in [0.29, 0.717) is 12.1 Å². The van der Waals surface area contributed by atoms with Crippen LogP contribution in [-0.2, 0) is 4.79 Å². The van der Waals surface area contributed by atoms with Gasteiger partial charge in [0.2, 0.25) is 5.91 Å². The highest BCUT2D eigenvalue weighted by Gasteiger charge is 2.32. The minimum absolute atomic E-state index is 0.0215. The van der Waals surface area contributed by atoms with E-state index in [9.17, 15) is 4.79 Å². The number of nitriles is 2. The van der Waals surface area contributed by atoms with Gasteiger partial charge in [-0.25, -0.2) is 0 Å². The maximum atomic E-state index is 12.0. The first-order valence-electron chi connectivity index (χ1n) is 6.10. The number of hydrogen-bond donors (Lipinski definition) is 1. The molecule has 1 aliphatic heterocycles. The number of anilines is 1. The topological polar surface area (TPSA) is 79.9 Å². The predicted molar refractivity (Wildman–Crippen MR) is 70.1 cm³/mol. The van der Waals surface area contributed by atoms with E-state index in [1.807, 2.05) is 24.0 Å². The summed E-state index contributed by atoms with van der Waals surface area (Å²) in [6.45, 7) is 2.55. The van der Waals surface area contributed by atoms with Gasteiger partial charge in [0.15, 0.2) is 0 Å². The zero-order valence-electron chi connectivity index (χ0n) is 10.6. The molecule has 1 fully saturated rings. The van der Waals surface area contributed by atoms with Crippen molar-refractivity contribution in [3.05, 3.63) is 29.8 Å². The molecule has 1 amide bonds. The third kappa shape index (κ3) is 2.66. The van der Waals surface area contributed by atoms with Crippen LogP contribution in [0, 0.1) is 22.7 Å². The Labute approximate surface area is 112 Å². The highest BCUT2D eigenvalue weighted by Crippen LogP contribution is 2.22. The lowest BCUT2D eigenvalue weighted by Crippen LogP contribution is -2.59. The summed E-state index contributed by atoms with van der Waals surface area (Å²) < 4.78 is 0. The van der Waals surface area contributed by atoms with Gasteiger partial charge in [0.25, 0.3) is 0 Å². The van der Waals surface area contributed by atoms with E-state index in [0.717, 1.165) is 5.69 Å². The number of benzene rings is 1. The lowest BCUT2D eigenvalue weighted by molar-refractivity contribution is -0.124. The fraction of sp³-hybridized carbons (Fsp3) is 0.357. The molecule has 0 bridgehead atoms. The van der Waals surface area contributed by atoms with Crippen LogP contribution < -0.4 is 10.2 Å². The van der Waals surface area contributed by atoms with Gasteiger partial charge >= 0.3 is 0 Å². The Bertz CT molecular complexity index is 570. The number of amides is 1. The fourth-order valence-corrected chi connectivity index (χ4v) is 2.28. The lowest BCUT2D eigenvalue weighted by Gasteiger charge is -2.39. The van der Waals surface area contributed by atoms with Crippen LogP contribution in [0.25, 0.3) is 0 Å². The Morgan fingerprint density at radius 1 is 1.47 bits per heavy atom. The summed E-state index contributed by atoms with van der Waals surface area (Å²) in [5.41, 5.74) is 1.35. The summed E-state index contributed by atoms with van der Waals surface area (Å²) in [5.74, 6) is -0.136. The summed E-state index contributed by atoms with van der Waals surface area (Å²) in [6, 6.07) is 10.8. The second-order valence-corrected chi connectivity index (χ2v) is 4.60. The first-order valence-corrected chi connectivity index (χ1v) is 6.10. The van der Waals surface area contributed by atoms with Crippen LogP contribution in [0.1, 0.15) is 18.9 Å². The molecule has 0 aliphatic carbocycles. The van der Waals surface area contributed by atoms with E-state index in [-0.39, 0.29) is 18.4 Å². The quantitative estimate of drug-likeness (QED) is 0.859.